The van der Waals surface area contributed by atoms with Crippen molar-refractivity contribution in [3.63, 3.8) is 0 Å². The summed E-state index contributed by atoms with van der Waals surface area (Å²) in [5, 5.41) is 30.1. The maximum atomic E-state index is 12.2. The zero-order chi connectivity index (χ0) is 19.9. The fourth-order valence-electron chi connectivity index (χ4n) is 1.90. The molecule has 0 saturated carbocycles. The van der Waals surface area contributed by atoms with Crippen LogP contribution in [0.15, 0.2) is 70.1 Å². The van der Waals surface area contributed by atoms with Gasteiger partial charge in [0.1, 0.15) is 17.0 Å². The topological polar surface area (TPSA) is 149 Å². The number of anilines is 2. The van der Waals surface area contributed by atoms with E-state index in [0.717, 1.165) is 16.7 Å². The first-order valence-electron chi connectivity index (χ1n) is 7.30. The van der Waals surface area contributed by atoms with Gasteiger partial charge in [0.2, 0.25) is 10.0 Å². The Hall–Kier alpha value is -3.31. The van der Waals surface area contributed by atoms with E-state index in [1.165, 1.54) is 30.5 Å². The summed E-state index contributed by atoms with van der Waals surface area (Å²) in [5.74, 6) is -0.662. The first kappa shape index (κ1) is 20.0. The number of benzene rings is 2. The normalized spacial score (nSPS) is 11.1. The maximum Gasteiger partial charge on any atom is 0.267 e. The number of thiocyanates is 1. The van der Waals surface area contributed by atoms with Crippen molar-refractivity contribution < 1.29 is 13.2 Å². The third kappa shape index (κ3) is 5.87. The van der Waals surface area contributed by atoms with Crippen molar-refractivity contribution in [2.75, 3.05) is 10.6 Å². The number of thioether (sulfide) groups is 1. The standard InChI is InChI=1S/C17H13N5O3S2/c18-9-12(10-21-13-1-5-15(6-2-13)26-11-19)17(23)22-14-3-7-16(8-4-14)27(20,24)25/h1-8,10,21H,(H,22,23)(H2,20,24,25)/b12-10-. The zero-order valence-corrected chi connectivity index (χ0v) is 15.3. The van der Waals surface area contributed by atoms with Crippen LogP contribution in [0.2, 0.25) is 0 Å². The molecule has 0 aliphatic heterocycles. The Bertz CT molecular complexity index is 1050. The Morgan fingerprint density at radius 2 is 1.63 bits per heavy atom. The molecule has 136 valence electrons. The van der Waals surface area contributed by atoms with Gasteiger partial charge in [-0.3, -0.25) is 4.79 Å². The minimum atomic E-state index is -3.82. The monoisotopic (exact) mass is 399 g/mol. The lowest BCUT2D eigenvalue weighted by Gasteiger charge is -2.06. The number of nitrogens with zero attached hydrogens (tertiary/aromatic N) is 2. The number of sulfonamides is 1. The predicted octanol–water partition coefficient (Wildman–Crippen LogP) is 2.37. The van der Waals surface area contributed by atoms with Crippen molar-refractivity contribution >= 4 is 39.1 Å². The molecule has 0 radical (unpaired) electrons. The van der Waals surface area contributed by atoms with E-state index in [-0.39, 0.29) is 10.5 Å². The second-order valence-electron chi connectivity index (χ2n) is 5.06. The molecule has 0 bridgehead atoms. The number of hydrogen-bond acceptors (Lipinski definition) is 7. The number of carbonyl (C=O) groups is 1. The van der Waals surface area contributed by atoms with Gasteiger partial charge in [0.15, 0.2) is 0 Å². The summed E-state index contributed by atoms with van der Waals surface area (Å²) < 4.78 is 22.4. The molecule has 8 nitrogen and oxygen atoms in total. The highest BCUT2D eigenvalue weighted by Crippen LogP contribution is 2.19. The minimum Gasteiger partial charge on any atom is -0.360 e. The zero-order valence-electron chi connectivity index (χ0n) is 13.7. The van der Waals surface area contributed by atoms with Crippen LogP contribution in [-0.4, -0.2) is 14.3 Å². The molecule has 0 heterocycles. The quantitative estimate of drug-likeness (QED) is 0.292. The van der Waals surface area contributed by atoms with Crippen molar-refractivity contribution in [2.45, 2.75) is 9.79 Å². The molecule has 2 rings (SSSR count). The van der Waals surface area contributed by atoms with Gasteiger partial charge < -0.3 is 10.6 Å². The summed E-state index contributed by atoms with van der Waals surface area (Å²) in [6, 6.07) is 13.9. The lowest BCUT2D eigenvalue weighted by Crippen LogP contribution is -2.15. The highest BCUT2D eigenvalue weighted by molar-refractivity contribution is 8.03. The Morgan fingerprint density at radius 3 is 2.15 bits per heavy atom. The summed E-state index contributed by atoms with van der Waals surface area (Å²) in [5.41, 5.74) is 0.766. The average molecular weight is 399 g/mol. The second-order valence-corrected chi connectivity index (χ2v) is 7.47. The lowest BCUT2D eigenvalue weighted by molar-refractivity contribution is -0.112. The fourth-order valence-corrected chi connectivity index (χ4v) is 2.80. The summed E-state index contributed by atoms with van der Waals surface area (Å²) in [7, 11) is -3.82. The molecule has 10 heteroatoms. The summed E-state index contributed by atoms with van der Waals surface area (Å²) in [4.78, 5) is 12.8. The van der Waals surface area contributed by atoms with Crippen LogP contribution in [0.25, 0.3) is 0 Å². The Kier molecular flexibility index (Phi) is 6.57. The first-order chi connectivity index (χ1) is 12.8. The number of amides is 1. The van der Waals surface area contributed by atoms with E-state index in [9.17, 15) is 13.2 Å². The lowest BCUT2D eigenvalue weighted by atomic mass is 10.2. The largest absolute Gasteiger partial charge is 0.360 e. The molecule has 0 atom stereocenters. The highest BCUT2D eigenvalue weighted by Gasteiger charge is 2.11. The molecule has 27 heavy (non-hydrogen) atoms. The van der Waals surface area contributed by atoms with Gasteiger partial charge in [-0.25, -0.2) is 13.6 Å². The van der Waals surface area contributed by atoms with Gasteiger partial charge in [0, 0.05) is 22.5 Å². The van der Waals surface area contributed by atoms with Gasteiger partial charge in [-0.2, -0.15) is 10.5 Å². The van der Waals surface area contributed by atoms with Crippen molar-refractivity contribution in [1.29, 1.82) is 10.5 Å². The van der Waals surface area contributed by atoms with E-state index in [2.05, 4.69) is 10.6 Å². The fraction of sp³-hybridized carbons (Fsp3) is 0. The molecule has 0 spiro atoms. The van der Waals surface area contributed by atoms with Gasteiger partial charge in [-0.15, -0.1) is 0 Å². The van der Waals surface area contributed by atoms with E-state index in [4.69, 9.17) is 15.7 Å². The molecule has 0 unspecified atom stereocenters. The number of nitriles is 2. The summed E-state index contributed by atoms with van der Waals surface area (Å²) in [6.45, 7) is 0. The Balaban J connectivity index is 2.05. The van der Waals surface area contributed by atoms with Crippen LogP contribution in [0.1, 0.15) is 0 Å². The Morgan fingerprint density at radius 1 is 1.04 bits per heavy atom. The Labute approximate surface area is 160 Å². The van der Waals surface area contributed by atoms with Crippen LogP contribution >= 0.6 is 11.8 Å². The molecule has 0 aliphatic carbocycles. The van der Waals surface area contributed by atoms with Crippen molar-refractivity contribution in [3.8, 4) is 11.5 Å². The number of nitrogens with two attached hydrogens (primary N) is 1. The van der Waals surface area contributed by atoms with Gasteiger partial charge in [-0.05, 0) is 60.3 Å². The van der Waals surface area contributed by atoms with E-state index < -0.39 is 15.9 Å². The van der Waals surface area contributed by atoms with Crippen molar-refractivity contribution in [2.24, 2.45) is 5.14 Å². The van der Waals surface area contributed by atoms with Crippen LogP contribution in [0.4, 0.5) is 11.4 Å². The summed E-state index contributed by atoms with van der Waals surface area (Å²) >= 11 is 1.02. The minimum absolute atomic E-state index is 0.0868. The van der Waals surface area contributed by atoms with Crippen molar-refractivity contribution in [3.05, 3.63) is 60.3 Å². The van der Waals surface area contributed by atoms with Gasteiger partial charge in [0.05, 0.1) is 4.90 Å². The van der Waals surface area contributed by atoms with E-state index >= 15 is 0 Å². The average Bonchev–Trinajstić information content (AvgIpc) is 2.63. The van der Waals surface area contributed by atoms with Crippen LogP contribution in [0, 0.1) is 22.0 Å². The van der Waals surface area contributed by atoms with Crippen LogP contribution < -0.4 is 15.8 Å². The van der Waals surface area contributed by atoms with Crippen molar-refractivity contribution in [1.82, 2.24) is 0 Å². The first-order valence-corrected chi connectivity index (χ1v) is 9.67. The molecule has 4 N–H and O–H groups in total. The third-order valence-corrected chi connectivity index (χ3v) is 4.74. The van der Waals surface area contributed by atoms with Crippen LogP contribution in [0.5, 0.6) is 0 Å². The van der Waals surface area contributed by atoms with Crippen LogP contribution in [-0.2, 0) is 14.8 Å². The predicted molar refractivity (Wildman–Crippen MR) is 102 cm³/mol. The molecule has 0 fully saturated rings. The molecule has 0 aromatic heterocycles. The SMILES string of the molecule is N#CSc1ccc(N/C=C(/C#N)C(=O)Nc2ccc(S(N)(=O)=O)cc2)cc1. The number of hydrogen-bond donors (Lipinski definition) is 3. The molecule has 2 aromatic rings. The van der Waals surface area contributed by atoms with Crippen LogP contribution in [0.3, 0.4) is 0 Å². The molecule has 0 saturated heterocycles. The number of nitrogens with one attached hydrogen (secondary N) is 2. The van der Waals surface area contributed by atoms with E-state index in [1.54, 1.807) is 30.3 Å². The smallest absolute Gasteiger partial charge is 0.267 e. The molecular weight excluding hydrogens is 386 g/mol. The number of rotatable bonds is 6. The summed E-state index contributed by atoms with van der Waals surface area (Å²) in [6.07, 6.45) is 1.25. The van der Waals surface area contributed by atoms with E-state index in [0.29, 0.717) is 11.4 Å². The molecular formula is C17H13N5O3S2. The number of carbonyl (C=O) groups excluding carboxylic acids is 1. The maximum absolute atomic E-state index is 12.2. The molecule has 2 aromatic carbocycles. The van der Waals surface area contributed by atoms with Gasteiger partial charge >= 0.3 is 0 Å². The third-order valence-electron chi connectivity index (χ3n) is 3.21. The molecule has 0 aliphatic rings. The second kappa shape index (κ2) is 8.87. The van der Waals surface area contributed by atoms with Gasteiger partial charge in [0.25, 0.3) is 5.91 Å². The molecule has 1 amide bonds. The van der Waals surface area contributed by atoms with E-state index in [1.807, 2.05) is 5.40 Å². The van der Waals surface area contributed by atoms with Gasteiger partial charge in [-0.1, -0.05) is 0 Å². The number of primary sulfonamides is 1. The highest BCUT2D eigenvalue weighted by atomic mass is 32.2.